The number of ether oxygens (including phenoxy) is 1. The van der Waals surface area contributed by atoms with Gasteiger partial charge < -0.3 is 20.1 Å². The minimum atomic E-state index is -0.985. The lowest BCUT2D eigenvalue weighted by Gasteiger charge is -2.32. The van der Waals surface area contributed by atoms with Gasteiger partial charge in [0.15, 0.2) is 0 Å². The first-order valence-electron chi connectivity index (χ1n) is 12.4. The van der Waals surface area contributed by atoms with Crippen LogP contribution in [-0.4, -0.2) is 41.7 Å². The van der Waals surface area contributed by atoms with Crippen LogP contribution < -0.4 is 10.2 Å². The average Bonchev–Trinajstić information content (AvgIpc) is 2.85. The molecule has 7 heteroatoms. The summed E-state index contributed by atoms with van der Waals surface area (Å²) >= 11 is 0. The fourth-order valence-corrected chi connectivity index (χ4v) is 4.64. The summed E-state index contributed by atoms with van der Waals surface area (Å²) in [6, 6.07) is 3.90. The Hall–Kier alpha value is -3.09. The van der Waals surface area contributed by atoms with E-state index in [0.717, 1.165) is 50.3 Å². The molecule has 1 aliphatic carbocycles. The maximum absolute atomic E-state index is 12.3. The summed E-state index contributed by atoms with van der Waals surface area (Å²) in [5.74, 6) is 1.39. The Morgan fingerprint density at radius 3 is 2.50 bits per heavy atom. The number of carboxylic acid groups (broad SMARTS) is 1. The van der Waals surface area contributed by atoms with Gasteiger partial charge in [-0.3, -0.25) is 4.79 Å². The third kappa shape index (κ3) is 7.75. The predicted octanol–water partition coefficient (Wildman–Crippen LogP) is 5.32. The van der Waals surface area contributed by atoms with Crippen LogP contribution in [0, 0.1) is 11.8 Å². The number of pyridine rings is 1. The first kappa shape index (κ1) is 25.5. The lowest BCUT2D eigenvalue weighted by Crippen LogP contribution is -2.35. The molecule has 0 bridgehead atoms. The number of anilines is 2. The minimum Gasteiger partial charge on any atom is -0.493 e. The molecule has 0 unspecified atom stereocenters. The molecule has 0 radical (unpaired) electrons. The van der Waals surface area contributed by atoms with Crippen molar-refractivity contribution in [2.45, 2.75) is 58.3 Å². The zero-order valence-electron chi connectivity index (χ0n) is 20.2. The predicted molar refractivity (Wildman–Crippen MR) is 135 cm³/mol. The first-order valence-corrected chi connectivity index (χ1v) is 12.4. The number of nitrogens with one attached hydrogen (secondary N) is 1. The van der Waals surface area contributed by atoms with Crippen LogP contribution in [-0.2, 0) is 14.3 Å². The Morgan fingerprint density at radius 2 is 1.91 bits per heavy atom. The van der Waals surface area contributed by atoms with Crippen LogP contribution in [0.25, 0.3) is 0 Å². The van der Waals surface area contributed by atoms with Gasteiger partial charge in [0.05, 0.1) is 24.1 Å². The summed E-state index contributed by atoms with van der Waals surface area (Å²) in [5, 5.41) is 12.2. The second-order valence-corrected chi connectivity index (χ2v) is 9.20. The van der Waals surface area contributed by atoms with Crippen LogP contribution in [0.15, 0.2) is 54.5 Å². The second-order valence-electron chi connectivity index (χ2n) is 9.20. The van der Waals surface area contributed by atoms with Crippen molar-refractivity contribution in [2.75, 3.05) is 29.9 Å². The van der Waals surface area contributed by atoms with E-state index in [-0.39, 0.29) is 11.5 Å². The summed E-state index contributed by atoms with van der Waals surface area (Å²) in [5.41, 5.74) is 0.933. The van der Waals surface area contributed by atoms with Gasteiger partial charge in [0.25, 0.3) is 0 Å². The van der Waals surface area contributed by atoms with Crippen LogP contribution in [0.3, 0.4) is 0 Å². The molecule has 0 atom stereocenters. The molecule has 34 heavy (non-hydrogen) atoms. The van der Waals surface area contributed by atoms with Crippen molar-refractivity contribution < 1.29 is 19.4 Å². The topological polar surface area (TPSA) is 91.8 Å². The standard InChI is InChI=1S/C27H37N3O4/c1-3-22(27(32)33)17-24(4-2)34-19-21-12-14-30(15-13-21)25-11-10-23(18-28-25)29-26(31)16-20-8-6-5-7-9-20/h3-4,10-11,17-18,20-21H,2,5-9,12-16,19H2,1H3,(H,29,31)(H,32,33). The molecule has 2 N–H and O–H groups in total. The largest absolute Gasteiger partial charge is 0.493 e. The van der Waals surface area contributed by atoms with Crippen molar-refractivity contribution in [3.05, 3.63) is 54.5 Å². The summed E-state index contributed by atoms with van der Waals surface area (Å²) in [7, 11) is 0. The van der Waals surface area contributed by atoms with Crippen LogP contribution in [0.1, 0.15) is 58.3 Å². The monoisotopic (exact) mass is 467 g/mol. The van der Waals surface area contributed by atoms with E-state index in [4.69, 9.17) is 9.84 Å². The van der Waals surface area contributed by atoms with E-state index >= 15 is 0 Å². The Balaban J connectivity index is 1.43. The summed E-state index contributed by atoms with van der Waals surface area (Å²) in [6.07, 6.45) is 15.0. The molecule has 7 nitrogen and oxygen atoms in total. The average molecular weight is 468 g/mol. The maximum atomic E-state index is 12.3. The third-order valence-electron chi connectivity index (χ3n) is 6.71. The maximum Gasteiger partial charge on any atom is 0.335 e. The molecule has 0 aromatic carbocycles. The van der Waals surface area contributed by atoms with Gasteiger partial charge in [-0.1, -0.05) is 31.9 Å². The van der Waals surface area contributed by atoms with Gasteiger partial charge in [-0.2, -0.15) is 0 Å². The van der Waals surface area contributed by atoms with Crippen molar-refractivity contribution >= 4 is 23.4 Å². The molecule has 2 heterocycles. The van der Waals surface area contributed by atoms with Gasteiger partial charge in [0, 0.05) is 19.5 Å². The number of rotatable bonds is 10. The molecule has 1 aliphatic heterocycles. The number of nitrogens with zero attached hydrogens (tertiary/aromatic N) is 2. The van der Waals surface area contributed by atoms with E-state index < -0.39 is 5.97 Å². The molecule has 1 saturated heterocycles. The number of hydrogen-bond acceptors (Lipinski definition) is 5. The molecular weight excluding hydrogens is 430 g/mol. The van der Waals surface area contributed by atoms with E-state index in [2.05, 4.69) is 21.8 Å². The number of aliphatic carboxylic acids is 1. The van der Waals surface area contributed by atoms with E-state index in [0.29, 0.717) is 30.6 Å². The number of aromatic nitrogens is 1. The van der Waals surface area contributed by atoms with Gasteiger partial charge in [-0.15, -0.1) is 0 Å². The molecule has 1 saturated carbocycles. The molecule has 1 aromatic heterocycles. The number of allylic oxidation sites excluding steroid dienone is 2. The quantitative estimate of drug-likeness (QED) is 0.275. The van der Waals surface area contributed by atoms with Crippen molar-refractivity contribution in [1.29, 1.82) is 0 Å². The highest BCUT2D eigenvalue weighted by Gasteiger charge is 2.21. The summed E-state index contributed by atoms with van der Waals surface area (Å²) in [6.45, 7) is 7.68. The lowest BCUT2D eigenvalue weighted by molar-refractivity contribution is -0.132. The highest BCUT2D eigenvalue weighted by atomic mass is 16.5. The van der Waals surface area contributed by atoms with E-state index in [9.17, 15) is 9.59 Å². The molecule has 2 fully saturated rings. The second kappa shape index (κ2) is 13.0. The molecule has 184 valence electrons. The van der Waals surface area contributed by atoms with E-state index in [1.807, 2.05) is 12.1 Å². The molecule has 1 amide bonds. The number of carbonyl (C=O) groups is 2. The van der Waals surface area contributed by atoms with Crippen molar-refractivity contribution in [3.8, 4) is 0 Å². The van der Waals surface area contributed by atoms with E-state index in [1.54, 1.807) is 19.2 Å². The van der Waals surface area contributed by atoms with Gasteiger partial charge in [-0.25, -0.2) is 9.78 Å². The minimum absolute atomic E-state index is 0.0834. The zero-order chi connectivity index (χ0) is 24.3. The molecule has 0 spiro atoms. The van der Waals surface area contributed by atoms with Gasteiger partial charge in [0.2, 0.25) is 5.91 Å². The SMILES string of the molecule is C=CC(=CC(=CC)C(=O)O)OCC1CCN(c2ccc(NC(=O)CC3CCCCC3)cn2)CC1. The van der Waals surface area contributed by atoms with Gasteiger partial charge in [-0.05, 0) is 68.7 Å². The smallest absolute Gasteiger partial charge is 0.335 e. The normalized spacial score (nSPS) is 18.4. The highest BCUT2D eigenvalue weighted by Crippen LogP contribution is 2.27. The number of piperidine rings is 1. The molecule has 2 aliphatic rings. The number of hydrogen-bond donors (Lipinski definition) is 2. The van der Waals surface area contributed by atoms with E-state index in [1.165, 1.54) is 31.4 Å². The van der Waals surface area contributed by atoms with Crippen molar-refractivity contribution in [3.63, 3.8) is 0 Å². The highest BCUT2D eigenvalue weighted by molar-refractivity contribution is 5.91. The lowest BCUT2D eigenvalue weighted by atomic mass is 9.87. The Bertz CT molecular complexity index is 893. The van der Waals surface area contributed by atoms with Crippen LogP contribution >= 0.6 is 0 Å². The molecule has 1 aromatic rings. The van der Waals surface area contributed by atoms with Gasteiger partial charge in [0.1, 0.15) is 11.6 Å². The van der Waals surface area contributed by atoms with Crippen LogP contribution in [0.5, 0.6) is 0 Å². The Labute approximate surface area is 202 Å². The first-order chi connectivity index (χ1) is 16.5. The Morgan fingerprint density at radius 1 is 1.18 bits per heavy atom. The zero-order valence-corrected chi connectivity index (χ0v) is 20.2. The van der Waals surface area contributed by atoms with Crippen molar-refractivity contribution in [1.82, 2.24) is 4.98 Å². The fraction of sp³-hybridized carbons (Fsp3) is 0.519. The fourth-order valence-electron chi connectivity index (χ4n) is 4.64. The summed E-state index contributed by atoms with van der Waals surface area (Å²) in [4.78, 5) is 30.3. The number of amides is 1. The third-order valence-corrected chi connectivity index (χ3v) is 6.71. The Kier molecular flexibility index (Phi) is 9.74. The van der Waals surface area contributed by atoms with Gasteiger partial charge >= 0.3 is 5.97 Å². The molecular formula is C27H37N3O4. The van der Waals surface area contributed by atoms with Crippen LogP contribution in [0.2, 0.25) is 0 Å². The molecule has 3 rings (SSSR count). The van der Waals surface area contributed by atoms with Crippen molar-refractivity contribution in [2.24, 2.45) is 11.8 Å². The van der Waals surface area contributed by atoms with Crippen LogP contribution in [0.4, 0.5) is 11.5 Å². The number of carboxylic acids is 1. The summed E-state index contributed by atoms with van der Waals surface area (Å²) < 4.78 is 5.83. The number of carbonyl (C=O) groups excluding carboxylic acids is 1.